The van der Waals surface area contributed by atoms with Crippen molar-refractivity contribution in [1.29, 1.82) is 0 Å². The number of benzene rings is 1. The molecule has 92 valence electrons. The predicted octanol–water partition coefficient (Wildman–Crippen LogP) is 1.20. The Kier molecular flexibility index (Phi) is 4.69. The molecule has 0 radical (unpaired) electrons. The summed E-state index contributed by atoms with van der Waals surface area (Å²) in [6, 6.07) is 6.81. The Bertz CT molecular complexity index is 398. The fraction of sp³-hybridized carbons (Fsp3) is 0.385. The maximum absolute atomic E-state index is 11.8. The molecule has 0 saturated carbocycles. The third-order valence-corrected chi connectivity index (χ3v) is 2.58. The van der Waals surface area contributed by atoms with Crippen molar-refractivity contribution in [1.82, 2.24) is 4.90 Å². The van der Waals surface area contributed by atoms with Crippen LogP contribution in [-0.4, -0.2) is 30.3 Å². The average molecular weight is 234 g/mol. The zero-order valence-corrected chi connectivity index (χ0v) is 10.3. The largest absolute Gasteiger partial charge is 0.366 e. The van der Waals surface area contributed by atoms with Gasteiger partial charge in [-0.15, -0.1) is 0 Å². The van der Waals surface area contributed by atoms with Gasteiger partial charge in [0.05, 0.1) is 6.42 Å². The first-order valence-corrected chi connectivity index (χ1v) is 5.67. The van der Waals surface area contributed by atoms with Gasteiger partial charge in [0.1, 0.15) is 0 Å². The van der Waals surface area contributed by atoms with E-state index in [0.29, 0.717) is 12.0 Å². The molecule has 2 amide bonds. The highest BCUT2D eigenvalue weighted by Crippen LogP contribution is 2.06. The number of hydrogen-bond donors (Lipinski definition) is 1. The molecule has 0 aromatic heterocycles. The first kappa shape index (κ1) is 13.2. The van der Waals surface area contributed by atoms with Crippen LogP contribution in [0.2, 0.25) is 0 Å². The van der Waals surface area contributed by atoms with Crippen LogP contribution >= 0.6 is 0 Å². The van der Waals surface area contributed by atoms with E-state index >= 15 is 0 Å². The number of rotatable bonds is 5. The lowest BCUT2D eigenvalue weighted by molar-refractivity contribution is -0.129. The number of nitrogens with two attached hydrogens (primary N) is 1. The zero-order valence-electron chi connectivity index (χ0n) is 10.3. The van der Waals surface area contributed by atoms with Crippen LogP contribution in [0.1, 0.15) is 29.3 Å². The van der Waals surface area contributed by atoms with E-state index in [1.165, 1.54) is 0 Å². The molecule has 0 fully saturated rings. The highest BCUT2D eigenvalue weighted by Gasteiger charge is 2.09. The lowest BCUT2D eigenvalue weighted by Crippen LogP contribution is -2.28. The van der Waals surface area contributed by atoms with E-state index in [0.717, 1.165) is 18.5 Å². The lowest BCUT2D eigenvalue weighted by Gasteiger charge is -2.15. The number of likely N-dealkylation sites (N-methyl/N-ethyl adjacent to an activating group) is 1. The minimum atomic E-state index is -0.453. The first-order valence-electron chi connectivity index (χ1n) is 5.67. The van der Waals surface area contributed by atoms with E-state index < -0.39 is 5.91 Å². The van der Waals surface area contributed by atoms with E-state index in [-0.39, 0.29) is 5.91 Å². The molecule has 0 bridgehead atoms. The second kappa shape index (κ2) is 6.03. The van der Waals surface area contributed by atoms with Crippen LogP contribution in [0, 0.1) is 0 Å². The Morgan fingerprint density at radius 1 is 1.24 bits per heavy atom. The van der Waals surface area contributed by atoms with Gasteiger partial charge in [0.15, 0.2) is 0 Å². The molecule has 0 spiro atoms. The summed E-state index contributed by atoms with van der Waals surface area (Å²) in [7, 11) is 1.80. The van der Waals surface area contributed by atoms with Crippen molar-refractivity contribution in [3.63, 3.8) is 0 Å². The molecule has 2 N–H and O–H groups in total. The predicted molar refractivity (Wildman–Crippen MR) is 66.6 cm³/mol. The van der Waals surface area contributed by atoms with Gasteiger partial charge >= 0.3 is 0 Å². The molecule has 0 saturated heterocycles. The molecular weight excluding hydrogens is 216 g/mol. The Labute approximate surface area is 101 Å². The van der Waals surface area contributed by atoms with Crippen LogP contribution in [0.5, 0.6) is 0 Å². The fourth-order valence-electron chi connectivity index (χ4n) is 1.56. The van der Waals surface area contributed by atoms with Crippen LogP contribution < -0.4 is 5.73 Å². The summed E-state index contributed by atoms with van der Waals surface area (Å²) in [5.41, 5.74) is 6.49. The van der Waals surface area contributed by atoms with E-state index in [1.54, 1.807) is 36.2 Å². The van der Waals surface area contributed by atoms with Gasteiger partial charge < -0.3 is 10.6 Å². The maximum Gasteiger partial charge on any atom is 0.248 e. The number of primary amides is 1. The van der Waals surface area contributed by atoms with Crippen molar-refractivity contribution in [3.8, 4) is 0 Å². The van der Waals surface area contributed by atoms with Crippen LogP contribution in [0.15, 0.2) is 24.3 Å². The van der Waals surface area contributed by atoms with E-state index in [1.807, 2.05) is 6.92 Å². The topological polar surface area (TPSA) is 63.4 Å². The van der Waals surface area contributed by atoms with Crippen molar-refractivity contribution in [2.75, 3.05) is 13.6 Å². The molecule has 17 heavy (non-hydrogen) atoms. The summed E-state index contributed by atoms with van der Waals surface area (Å²) in [6.45, 7) is 2.80. The summed E-state index contributed by atoms with van der Waals surface area (Å²) in [5.74, 6) is -0.371. The average Bonchev–Trinajstić information content (AvgIpc) is 2.30. The molecule has 0 aliphatic rings. The highest BCUT2D eigenvalue weighted by atomic mass is 16.2. The maximum atomic E-state index is 11.8. The summed E-state index contributed by atoms with van der Waals surface area (Å²) >= 11 is 0. The molecular formula is C13H18N2O2. The molecule has 4 heteroatoms. The Morgan fingerprint density at radius 2 is 1.82 bits per heavy atom. The Hall–Kier alpha value is -1.84. The van der Waals surface area contributed by atoms with E-state index in [2.05, 4.69) is 0 Å². The molecule has 0 heterocycles. The summed E-state index contributed by atoms with van der Waals surface area (Å²) in [6.07, 6.45) is 1.30. The first-order chi connectivity index (χ1) is 8.04. The fourth-order valence-corrected chi connectivity index (χ4v) is 1.56. The van der Waals surface area contributed by atoms with Gasteiger partial charge in [0.25, 0.3) is 0 Å². The number of amides is 2. The molecule has 4 nitrogen and oxygen atoms in total. The van der Waals surface area contributed by atoms with Gasteiger partial charge in [0.2, 0.25) is 11.8 Å². The molecule has 0 aliphatic heterocycles. The van der Waals surface area contributed by atoms with Gasteiger partial charge in [-0.1, -0.05) is 19.1 Å². The van der Waals surface area contributed by atoms with Crippen molar-refractivity contribution in [2.45, 2.75) is 19.8 Å². The molecule has 1 aromatic rings. The SMILES string of the molecule is CCCN(C)C(=O)Cc1ccc(C(N)=O)cc1. The molecule has 1 aromatic carbocycles. The summed E-state index contributed by atoms with van der Waals surface area (Å²) in [4.78, 5) is 24.3. The Morgan fingerprint density at radius 3 is 2.29 bits per heavy atom. The van der Waals surface area contributed by atoms with E-state index in [4.69, 9.17) is 5.73 Å². The van der Waals surface area contributed by atoms with E-state index in [9.17, 15) is 9.59 Å². The summed E-state index contributed by atoms with van der Waals surface area (Å²) < 4.78 is 0. The quantitative estimate of drug-likeness (QED) is 0.832. The molecule has 0 unspecified atom stereocenters. The lowest BCUT2D eigenvalue weighted by atomic mass is 10.1. The minimum absolute atomic E-state index is 0.0821. The normalized spacial score (nSPS) is 10.0. The smallest absolute Gasteiger partial charge is 0.248 e. The van der Waals surface area contributed by atoms with Crippen molar-refractivity contribution >= 4 is 11.8 Å². The molecule has 0 atom stereocenters. The van der Waals surface area contributed by atoms with Crippen molar-refractivity contribution < 1.29 is 9.59 Å². The van der Waals surface area contributed by atoms with Gasteiger partial charge in [-0.05, 0) is 24.1 Å². The number of nitrogens with zero attached hydrogens (tertiary/aromatic N) is 1. The third kappa shape index (κ3) is 3.90. The highest BCUT2D eigenvalue weighted by molar-refractivity contribution is 5.92. The molecule has 0 aliphatic carbocycles. The number of carbonyl (C=O) groups excluding carboxylic acids is 2. The standard InChI is InChI=1S/C13H18N2O2/c1-3-8-15(2)12(16)9-10-4-6-11(7-5-10)13(14)17/h4-7H,3,8-9H2,1-2H3,(H2,14,17). The van der Waals surface area contributed by atoms with Crippen molar-refractivity contribution in [2.24, 2.45) is 5.73 Å². The van der Waals surface area contributed by atoms with Crippen LogP contribution in [0.4, 0.5) is 0 Å². The van der Waals surface area contributed by atoms with Gasteiger partial charge in [-0.25, -0.2) is 0 Å². The van der Waals surface area contributed by atoms with Crippen LogP contribution in [0.25, 0.3) is 0 Å². The number of hydrogen-bond acceptors (Lipinski definition) is 2. The molecule has 1 rings (SSSR count). The zero-order chi connectivity index (χ0) is 12.8. The van der Waals surface area contributed by atoms with Gasteiger partial charge in [0, 0.05) is 19.2 Å². The Balaban J connectivity index is 2.63. The second-order valence-corrected chi connectivity index (χ2v) is 4.05. The van der Waals surface area contributed by atoms with Crippen molar-refractivity contribution in [3.05, 3.63) is 35.4 Å². The second-order valence-electron chi connectivity index (χ2n) is 4.05. The monoisotopic (exact) mass is 234 g/mol. The summed E-state index contributed by atoms with van der Waals surface area (Å²) in [5, 5.41) is 0. The van der Waals surface area contributed by atoms with Gasteiger partial charge in [-0.3, -0.25) is 9.59 Å². The van der Waals surface area contributed by atoms with Crippen LogP contribution in [0.3, 0.4) is 0 Å². The third-order valence-electron chi connectivity index (χ3n) is 2.58. The van der Waals surface area contributed by atoms with Gasteiger partial charge in [-0.2, -0.15) is 0 Å². The van der Waals surface area contributed by atoms with Crippen LogP contribution in [-0.2, 0) is 11.2 Å². The number of carbonyl (C=O) groups is 2. The minimum Gasteiger partial charge on any atom is -0.366 e.